The molecule has 0 radical (unpaired) electrons. The minimum absolute atomic E-state index is 0.0597. The Balaban J connectivity index is 2.12. The predicted molar refractivity (Wildman–Crippen MR) is 119 cm³/mol. The number of esters is 1. The van der Waals surface area contributed by atoms with Crippen LogP contribution in [0, 0.1) is 11.3 Å². The highest BCUT2D eigenvalue weighted by molar-refractivity contribution is 7.99. The first-order valence-electron chi connectivity index (χ1n) is 9.13. The summed E-state index contributed by atoms with van der Waals surface area (Å²) in [4.78, 5) is 21.6. The number of thiophene rings is 1. The van der Waals surface area contributed by atoms with Gasteiger partial charge in [-0.2, -0.15) is 5.26 Å². The maximum absolute atomic E-state index is 11.9. The molecular weight excluding hydrogens is 442 g/mol. The Bertz CT molecular complexity index is 1080. The average Bonchev–Trinajstić information content (AvgIpc) is 3.26. The van der Waals surface area contributed by atoms with E-state index in [-0.39, 0.29) is 16.9 Å². The lowest BCUT2D eigenvalue weighted by molar-refractivity contribution is -0.139. The third-order valence-electron chi connectivity index (χ3n) is 3.88. The minimum Gasteiger partial charge on any atom is -0.478 e. The van der Waals surface area contributed by atoms with Crippen molar-refractivity contribution in [3.63, 3.8) is 0 Å². The first-order chi connectivity index (χ1) is 14.5. The summed E-state index contributed by atoms with van der Waals surface area (Å²) in [5.74, 6) is 0.0934. The van der Waals surface area contributed by atoms with E-state index >= 15 is 0 Å². The van der Waals surface area contributed by atoms with Gasteiger partial charge in [0.2, 0.25) is 5.88 Å². The lowest BCUT2D eigenvalue weighted by Crippen LogP contribution is -2.07. The van der Waals surface area contributed by atoms with Crippen LogP contribution in [-0.4, -0.2) is 34.9 Å². The molecule has 3 rings (SSSR count). The monoisotopic (exact) mass is 459 g/mol. The van der Waals surface area contributed by atoms with Crippen LogP contribution in [0.15, 0.2) is 40.7 Å². The molecule has 0 aromatic carbocycles. The third kappa shape index (κ3) is 5.30. The number of nitrogens with zero attached hydrogens (tertiary/aromatic N) is 3. The van der Waals surface area contributed by atoms with Crippen LogP contribution in [0.1, 0.15) is 19.4 Å². The molecule has 0 spiro atoms. The fourth-order valence-electron chi connectivity index (χ4n) is 2.68. The molecule has 0 aliphatic heterocycles. The lowest BCUT2D eigenvalue weighted by Gasteiger charge is -2.12. The van der Waals surface area contributed by atoms with E-state index in [0.29, 0.717) is 40.9 Å². The molecule has 0 unspecified atom stereocenters. The Hall–Kier alpha value is -2.60. The van der Waals surface area contributed by atoms with Gasteiger partial charge in [0.15, 0.2) is 0 Å². The van der Waals surface area contributed by atoms with E-state index in [1.54, 1.807) is 19.1 Å². The molecular formula is C21H18ClN3O3S2. The summed E-state index contributed by atoms with van der Waals surface area (Å²) in [7, 11) is 0. The van der Waals surface area contributed by atoms with Crippen molar-refractivity contribution in [2.24, 2.45) is 0 Å². The van der Waals surface area contributed by atoms with E-state index in [1.807, 2.05) is 30.5 Å². The zero-order valence-electron chi connectivity index (χ0n) is 16.3. The maximum Gasteiger partial charge on any atom is 0.316 e. The Morgan fingerprint density at radius 1 is 1.27 bits per heavy atom. The van der Waals surface area contributed by atoms with Gasteiger partial charge in [-0.1, -0.05) is 29.4 Å². The highest BCUT2D eigenvalue weighted by Crippen LogP contribution is 2.37. The van der Waals surface area contributed by atoms with Crippen molar-refractivity contribution >= 4 is 40.7 Å². The number of carbonyl (C=O) groups excluding carboxylic acids is 1. The molecule has 6 nitrogen and oxygen atoms in total. The Labute approximate surface area is 187 Å². The number of aromatic nitrogens is 2. The molecule has 0 aliphatic rings. The van der Waals surface area contributed by atoms with Crippen molar-refractivity contribution in [1.82, 2.24) is 9.97 Å². The van der Waals surface area contributed by atoms with Gasteiger partial charge in [-0.05, 0) is 37.4 Å². The lowest BCUT2D eigenvalue weighted by atomic mass is 10.1. The average molecular weight is 460 g/mol. The second-order valence-electron chi connectivity index (χ2n) is 5.87. The van der Waals surface area contributed by atoms with Gasteiger partial charge in [0.25, 0.3) is 0 Å². The van der Waals surface area contributed by atoms with E-state index in [0.717, 1.165) is 10.4 Å². The normalized spacial score (nSPS) is 10.5. The van der Waals surface area contributed by atoms with E-state index < -0.39 is 0 Å². The van der Waals surface area contributed by atoms with Crippen LogP contribution in [0.5, 0.6) is 5.88 Å². The van der Waals surface area contributed by atoms with Crippen molar-refractivity contribution in [2.45, 2.75) is 18.9 Å². The van der Waals surface area contributed by atoms with Gasteiger partial charge >= 0.3 is 5.97 Å². The van der Waals surface area contributed by atoms with Gasteiger partial charge in [-0.3, -0.25) is 4.79 Å². The maximum atomic E-state index is 11.9. The van der Waals surface area contributed by atoms with Crippen LogP contribution in [0.3, 0.4) is 0 Å². The van der Waals surface area contributed by atoms with Crippen molar-refractivity contribution in [2.75, 3.05) is 19.0 Å². The molecule has 0 N–H and O–H groups in total. The van der Waals surface area contributed by atoms with Gasteiger partial charge in [0.05, 0.1) is 30.2 Å². The number of halogens is 1. The number of hydrogen-bond donors (Lipinski definition) is 0. The molecule has 30 heavy (non-hydrogen) atoms. The number of thioether (sulfide) groups is 1. The fourth-order valence-corrected chi connectivity index (χ4v) is 4.43. The molecule has 0 fully saturated rings. The van der Waals surface area contributed by atoms with Crippen LogP contribution in [0.25, 0.3) is 21.7 Å². The van der Waals surface area contributed by atoms with Crippen LogP contribution >= 0.6 is 34.7 Å². The van der Waals surface area contributed by atoms with Crippen molar-refractivity contribution in [3.8, 4) is 33.6 Å². The smallest absolute Gasteiger partial charge is 0.316 e. The number of carbonyl (C=O) groups is 1. The van der Waals surface area contributed by atoms with Gasteiger partial charge in [-0.25, -0.2) is 9.97 Å². The molecule has 0 atom stereocenters. The van der Waals surface area contributed by atoms with E-state index in [9.17, 15) is 10.1 Å². The van der Waals surface area contributed by atoms with Gasteiger partial charge in [0.1, 0.15) is 16.2 Å². The van der Waals surface area contributed by atoms with Crippen molar-refractivity contribution in [3.05, 3.63) is 46.4 Å². The Morgan fingerprint density at radius 2 is 2.10 bits per heavy atom. The molecule has 0 bridgehead atoms. The first kappa shape index (κ1) is 22.1. The SMILES string of the molecule is CCOC(=O)CSc1nc(-c2cc(Cl)nc(OCC)c2)cc(-c2cccs2)c1C#N. The summed E-state index contributed by atoms with van der Waals surface area (Å²) < 4.78 is 10.5. The summed E-state index contributed by atoms with van der Waals surface area (Å²) in [5.41, 5.74) is 2.48. The zero-order chi connectivity index (χ0) is 21.5. The second kappa shape index (κ2) is 10.4. The Morgan fingerprint density at radius 3 is 2.77 bits per heavy atom. The number of nitriles is 1. The second-order valence-corrected chi connectivity index (χ2v) is 8.17. The molecule has 3 heterocycles. The van der Waals surface area contributed by atoms with Crippen LogP contribution in [-0.2, 0) is 9.53 Å². The first-order valence-corrected chi connectivity index (χ1v) is 11.4. The standard InChI is InChI=1S/C21H18ClN3O3S2/c1-3-27-19-9-13(8-18(22)25-19)16-10-14(17-6-5-7-29-17)15(11-23)21(24-16)30-12-20(26)28-4-2/h5-10H,3-4,12H2,1-2H3. The van der Waals surface area contributed by atoms with E-state index in [1.165, 1.54) is 23.1 Å². The fraction of sp³-hybridized carbons (Fsp3) is 0.238. The minimum atomic E-state index is -0.359. The molecule has 0 saturated carbocycles. The molecule has 9 heteroatoms. The van der Waals surface area contributed by atoms with Gasteiger partial charge in [0, 0.05) is 22.1 Å². The number of pyridine rings is 2. The topological polar surface area (TPSA) is 85.1 Å². The number of ether oxygens (including phenoxy) is 2. The summed E-state index contributed by atoms with van der Waals surface area (Å²) >= 11 is 8.87. The quantitative estimate of drug-likeness (QED) is 0.251. The molecule has 0 saturated heterocycles. The summed E-state index contributed by atoms with van der Waals surface area (Å²) in [6, 6.07) is 11.4. The summed E-state index contributed by atoms with van der Waals surface area (Å²) in [5, 5.41) is 12.5. The molecule has 3 aromatic heterocycles. The highest BCUT2D eigenvalue weighted by Gasteiger charge is 2.18. The third-order valence-corrected chi connectivity index (χ3v) is 5.92. The zero-order valence-corrected chi connectivity index (χ0v) is 18.7. The van der Waals surface area contributed by atoms with Crippen LogP contribution in [0.2, 0.25) is 5.15 Å². The van der Waals surface area contributed by atoms with Crippen LogP contribution < -0.4 is 4.74 Å². The largest absolute Gasteiger partial charge is 0.478 e. The highest BCUT2D eigenvalue weighted by atomic mass is 35.5. The van der Waals surface area contributed by atoms with Crippen LogP contribution in [0.4, 0.5) is 0 Å². The predicted octanol–water partition coefficient (Wildman–Crippen LogP) is 5.45. The van der Waals surface area contributed by atoms with Crippen molar-refractivity contribution in [1.29, 1.82) is 5.26 Å². The molecule has 0 aliphatic carbocycles. The number of rotatable bonds is 8. The molecule has 0 amide bonds. The number of hydrogen-bond acceptors (Lipinski definition) is 8. The van der Waals surface area contributed by atoms with Gasteiger partial charge in [-0.15, -0.1) is 11.3 Å². The summed E-state index contributed by atoms with van der Waals surface area (Å²) in [6.07, 6.45) is 0. The van der Waals surface area contributed by atoms with Crippen molar-refractivity contribution < 1.29 is 14.3 Å². The molecule has 3 aromatic rings. The Kier molecular flexibility index (Phi) is 7.69. The summed E-state index contributed by atoms with van der Waals surface area (Å²) in [6.45, 7) is 4.37. The van der Waals surface area contributed by atoms with E-state index in [2.05, 4.69) is 16.0 Å². The van der Waals surface area contributed by atoms with E-state index in [4.69, 9.17) is 21.1 Å². The van der Waals surface area contributed by atoms with Gasteiger partial charge < -0.3 is 9.47 Å². The molecule has 154 valence electrons.